The summed E-state index contributed by atoms with van der Waals surface area (Å²) in [5.74, 6) is 0.548. The molecule has 2 N–H and O–H groups in total. The Morgan fingerprint density at radius 2 is 2.06 bits per heavy atom. The Morgan fingerprint density at radius 3 is 2.73 bits per heavy atom. The zero-order chi connectivity index (χ0) is 23.5. The topological polar surface area (TPSA) is 81.8 Å². The Bertz CT molecular complexity index is 1150. The molecule has 0 unspecified atom stereocenters. The van der Waals surface area contributed by atoms with E-state index in [-0.39, 0.29) is 17.6 Å². The summed E-state index contributed by atoms with van der Waals surface area (Å²) < 4.78 is 6.37. The smallest absolute Gasteiger partial charge is 0.335 e. The number of nitrogens with zero attached hydrogens (tertiary/aromatic N) is 3. The van der Waals surface area contributed by atoms with E-state index >= 15 is 0 Å². The van der Waals surface area contributed by atoms with Crippen molar-refractivity contribution >= 4 is 23.3 Å². The highest BCUT2D eigenvalue weighted by atomic mass is 32.1. The van der Waals surface area contributed by atoms with Crippen LogP contribution in [0, 0.1) is 6.92 Å². The van der Waals surface area contributed by atoms with Gasteiger partial charge in [0.2, 0.25) is 0 Å². The second-order valence-corrected chi connectivity index (χ2v) is 8.90. The molecule has 1 fully saturated rings. The van der Waals surface area contributed by atoms with E-state index in [9.17, 15) is 9.90 Å². The van der Waals surface area contributed by atoms with Crippen LogP contribution in [0.2, 0.25) is 0 Å². The van der Waals surface area contributed by atoms with E-state index < -0.39 is 5.97 Å². The van der Waals surface area contributed by atoms with Crippen molar-refractivity contribution in [3.8, 4) is 11.3 Å². The van der Waals surface area contributed by atoms with Gasteiger partial charge < -0.3 is 24.6 Å². The van der Waals surface area contributed by atoms with Gasteiger partial charge in [-0.3, -0.25) is 4.98 Å². The number of hydrogen-bond donors (Lipinski definition) is 2. The van der Waals surface area contributed by atoms with Crippen molar-refractivity contribution in [1.29, 1.82) is 0 Å². The number of carbonyl (C=O) groups is 1. The molecule has 0 amide bonds. The van der Waals surface area contributed by atoms with Crippen LogP contribution in [-0.4, -0.2) is 58.2 Å². The molecule has 0 radical (unpaired) electrons. The molecular weight excluding hydrogens is 436 g/mol. The van der Waals surface area contributed by atoms with Gasteiger partial charge in [-0.2, -0.15) is 0 Å². The first-order valence-electron chi connectivity index (χ1n) is 10.9. The minimum absolute atomic E-state index is 0.132. The molecule has 2 aromatic heterocycles. The van der Waals surface area contributed by atoms with E-state index in [0.29, 0.717) is 10.9 Å². The van der Waals surface area contributed by atoms with E-state index in [2.05, 4.69) is 34.2 Å². The van der Waals surface area contributed by atoms with Crippen LogP contribution in [0.25, 0.3) is 11.3 Å². The standard InChI is InChI=1S/C25H28N4O3S/c1-16-15-17(24(30)31)8-9-18(16)20-10-11-21(32-20)23-22(19-7-4-5-12-26-19)27-25(33)29(23)14-6-13-28(2)3/h4-5,7-12,15,22-23H,6,13-14H2,1-3H3,(H,27,33)(H,30,31)/t22-,23-/m1/s1. The number of aromatic carboxylic acids is 1. The summed E-state index contributed by atoms with van der Waals surface area (Å²) in [6.07, 6.45) is 2.75. The number of aromatic nitrogens is 1. The fourth-order valence-corrected chi connectivity index (χ4v) is 4.57. The van der Waals surface area contributed by atoms with Crippen molar-refractivity contribution in [3.63, 3.8) is 0 Å². The zero-order valence-electron chi connectivity index (χ0n) is 19.0. The molecule has 172 valence electrons. The number of furan rings is 1. The minimum atomic E-state index is -0.943. The third-order valence-corrected chi connectivity index (χ3v) is 6.21. The van der Waals surface area contributed by atoms with Gasteiger partial charge in [-0.05, 0) is 88.2 Å². The lowest BCUT2D eigenvalue weighted by atomic mass is 10.0. The Balaban J connectivity index is 1.68. The number of nitrogens with one attached hydrogen (secondary N) is 1. The van der Waals surface area contributed by atoms with E-state index in [1.54, 1.807) is 24.4 Å². The highest BCUT2D eigenvalue weighted by Crippen LogP contribution is 2.40. The minimum Gasteiger partial charge on any atom is -0.478 e. The average Bonchev–Trinajstić information content (AvgIpc) is 3.39. The summed E-state index contributed by atoms with van der Waals surface area (Å²) in [6.45, 7) is 3.64. The van der Waals surface area contributed by atoms with Gasteiger partial charge in [0.1, 0.15) is 17.6 Å². The summed E-state index contributed by atoms with van der Waals surface area (Å²) >= 11 is 5.71. The van der Waals surface area contributed by atoms with E-state index in [1.807, 2.05) is 37.3 Å². The van der Waals surface area contributed by atoms with Crippen molar-refractivity contribution in [2.75, 3.05) is 27.2 Å². The molecule has 1 saturated heterocycles. The molecule has 3 heterocycles. The van der Waals surface area contributed by atoms with Crippen LogP contribution in [0.5, 0.6) is 0 Å². The molecule has 33 heavy (non-hydrogen) atoms. The zero-order valence-corrected chi connectivity index (χ0v) is 19.8. The molecule has 7 nitrogen and oxygen atoms in total. The normalized spacial score (nSPS) is 18.1. The lowest BCUT2D eigenvalue weighted by molar-refractivity contribution is 0.0697. The van der Waals surface area contributed by atoms with Crippen LogP contribution in [0.15, 0.2) is 59.1 Å². The van der Waals surface area contributed by atoms with Crippen molar-refractivity contribution in [3.05, 3.63) is 77.3 Å². The second-order valence-electron chi connectivity index (χ2n) is 8.51. The monoisotopic (exact) mass is 464 g/mol. The second kappa shape index (κ2) is 9.72. The molecule has 4 rings (SSSR count). The number of thiocarbonyl (C=S) groups is 1. The molecule has 2 atom stereocenters. The summed E-state index contributed by atoms with van der Waals surface area (Å²) in [4.78, 5) is 20.2. The summed E-state index contributed by atoms with van der Waals surface area (Å²) in [7, 11) is 4.12. The third kappa shape index (κ3) is 4.91. The number of pyridine rings is 1. The van der Waals surface area contributed by atoms with Crippen LogP contribution in [-0.2, 0) is 0 Å². The number of carboxylic acids is 1. The Kier molecular flexibility index (Phi) is 6.76. The molecule has 0 bridgehead atoms. The Labute approximate surface area is 199 Å². The van der Waals surface area contributed by atoms with Gasteiger partial charge in [0, 0.05) is 18.3 Å². The van der Waals surface area contributed by atoms with E-state index in [4.69, 9.17) is 16.6 Å². The Hall–Kier alpha value is -3.23. The fraction of sp³-hybridized carbons (Fsp3) is 0.320. The SMILES string of the molecule is Cc1cc(C(=O)O)ccc1-c1ccc([C@@H]2[C@@H](c3ccccn3)NC(=S)N2CCCN(C)C)o1. The summed E-state index contributed by atoms with van der Waals surface area (Å²) in [6, 6.07) is 14.6. The van der Waals surface area contributed by atoms with Gasteiger partial charge in [-0.15, -0.1) is 0 Å². The number of hydrogen-bond acceptors (Lipinski definition) is 5. The Morgan fingerprint density at radius 1 is 1.24 bits per heavy atom. The molecule has 1 aliphatic heterocycles. The molecule has 1 aromatic carbocycles. The lowest BCUT2D eigenvalue weighted by Crippen LogP contribution is -2.32. The highest BCUT2D eigenvalue weighted by Gasteiger charge is 2.41. The maximum atomic E-state index is 11.3. The first-order valence-corrected chi connectivity index (χ1v) is 11.3. The predicted molar refractivity (Wildman–Crippen MR) is 131 cm³/mol. The first-order chi connectivity index (χ1) is 15.8. The van der Waals surface area contributed by atoms with Gasteiger partial charge in [-0.25, -0.2) is 4.79 Å². The van der Waals surface area contributed by atoms with Gasteiger partial charge in [0.05, 0.1) is 17.3 Å². The number of benzene rings is 1. The van der Waals surface area contributed by atoms with Gasteiger partial charge in [0.25, 0.3) is 0 Å². The lowest BCUT2D eigenvalue weighted by Gasteiger charge is -2.26. The number of aryl methyl sites for hydroxylation is 1. The molecular formula is C25H28N4O3S. The number of rotatable bonds is 8. The average molecular weight is 465 g/mol. The van der Waals surface area contributed by atoms with Gasteiger partial charge in [0.15, 0.2) is 5.11 Å². The van der Waals surface area contributed by atoms with Crippen LogP contribution in [0.3, 0.4) is 0 Å². The predicted octanol–water partition coefficient (Wildman–Crippen LogP) is 4.27. The van der Waals surface area contributed by atoms with Crippen LogP contribution < -0.4 is 5.32 Å². The summed E-state index contributed by atoms with van der Waals surface area (Å²) in [5.41, 5.74) is 2.88. The first kappa shape index (κ1) is 22.9. The fourth-order valence-electron chi connectivity index (χ4n) is 4.24. The quantitative estimate of drug-likeness (QED) is 0.478. The van der Waals surface area contributed by atoms with Crippen molar-refractivity contribution in [1.82, 2.24) is 20.1 Å². The van der Waals surface area contributed by atoms with Crippen LogP contribution >= 0.6 is 12.2 Å². The van der Waals surface area contributed by atoms with Gasteiger partial charge >= 0.3 is 5.97 Å². The molecule has 1 aliphatic rings. The van der Waals surface area contributed by atoms with E-state index in [1.165, 1.54) is 0 Å². The maximum Gasteiger partial charge on any atom is 0.335 e. The molecule has 0 spiro atoms. The highest BCUT2D eigenvalue weighted by molar-refractivity contribution is 7.80. The van der Waals surface area contributed by atoms with Crippen molar-refractivity contribution in [2.45, 2.75) is 25.4 Å². The van der Waals surface area contributed by atoms with Crippen LogP contribution in [0.1, 0.15) is 45.9 Å². The van der Waals surface area contributed by atoms with Crippen molar-refractivity contribution < 1.29 is 14.3 Å². The van der Waals surface area contributed by atoms with Crippen molar-refractivity contribution in [2.24, 2.45) is 0 Å². The van der Waals surface area contributed by atoms with Gasteiger partial charge in [-0.1, -0.05) is 12.1 Å². The maximum absolute atomic E-state index is 11.3. The van der Waals surface area contributed by atoms with E-state index in [0.717, 1.165) is 42.1 Å². The third-order valence-electron chi connectivity index (χ3n) is 5.86. The number of carboxylic acid groups (broad SMARTS) is 1. The van der Waals surface area contributed by atoms with Crippen LogP contribution in [0.4, 0.5) is 0 Å². The molecule has 3 aromatic rings. The molecule has 0 aliphatic carbocycles. The molecule has 8 heteroatoms. The molecule has 0 saturated carbocycles. The largest absolute Gasteiger partial charge is 0.478 e. The summed E-state index contributed by atoms with van der Waals surface area (Å²) in [5, 5.41) is 13.4.